The first-order chi connectivity index (χ1) is 16.4. The second kappa shape index (κ2) is 11.9. The molecule has 2 aromatic carbocycles. The number of carbonyl (C=O) groups is 3. The number of ether oxygens (including phenoxy) is 1. The molecule has 1 aliphatic rings. The molecular weight excluding hydrogens is 432 g/mol. The standard InChI is InChI=1S/C27H30N2O5/c1-3-8-24(26(31)32)29-25(30)14-13-18(2)15-16-28-27(33)34-17-23-21-11-6-4-9-19(21)20-10-5-7-12-22(20)23/h1,4-7,9-12,18,23-24H,8,13-17H2,2H3,(H,28,33)(H,29,30)(H,31,32). The average molecular weight is 463 g/mol. The maximum absolute atomic E-state index is 12.2. The van der Waals surface area contributed by atoms with E-state index in [1.54, 1.807) is 0 Å². The Hall–Kier alpha value is -3.79. The summed E-state index contributed by atoms with van der Waals surface area (Å²) in [7, 11) is 0. The van der Waals surface area contributed by atoms with Crippen molar-refractivity contribution in [3.05, 3.63) is 59.7 Å². The summed E-state index contributed by atoms with van der Waals surface area (Å²) < 4.78 is 5.52. The number of hydrogen-bond donors (Lipinski definition) is 3. The lowest BCUT2D eigenvalue weighted by Crippen LogP contribution is -2.40. The average Bonchev–Trinajstić information content (AvgIpc) is 3.15. The van der Waals surface area contributed by atoms with Gasteiger partial charge in [-0.1, -0.05) is 55.5 Å². The zero-order chi connectivity index (χ0) is 24.5. The number of amides is 2. The molecule has 3 rings (SSSR count). The SMILES string of the molecule is C#CCC(NC(=O)CCC(C)CCNC(=O)OCC1c2ccccc2-c2ccccc21)C(=O)O. The Labute approximate surface area is 199 Å². The highest BCUT2D eigenvalue weighted by atomic mass is 16.5. The summed E-state index contributed by atoms with van der Waals surface area (Å²) in [5, 5.41) is 14.3. The molecule has 2 aromatic rings. The molecule has 0 bridgehead atoms. The van der Waals surface area contributed by atoms with E-state index in [-0.39, 0.29) is 37.2 Å². The van der Waals surface area contributed by atoms with E-state index in [0.29, 0.717) is 19.4 Å². The Morgan fingerprint density at radius 2 is 1.68 bits per heavy atom. The van der Waals surface area contributed by atoms with Crippen LogP contribution in [-0.4, -0.2) is 42.3 Å². The Kier molecular flexibility index (Phi) is 8.69. The molecule has 0 aliphatic heterocycles. The summed E-state index contributed by atoms with van der Waals surface area (Å²) in [4.78, 5) is 35.3. The van der Waals surface area contributed by atoms with Gasteiger partial charge < -0.3 is 20.5 Å². The van der Waals surface area contributed by atoms with Crippen LogP contribution in [0.1, 0.15) is 49.7 Å². The van der Waals surface area contributed by atoms with Gasteiger partial charge in [0.15, 0.2) is 0 Å². The quantitative estimate of drug-likeness (QED) is 0.439. The van der Waals surface area contributed by atoms with E-state index in [9.17, 15) is 14.4 Å². The molecule has 0 saturated heterocycles. The molecule has 0 heterocycles. The van der Waals surface area contributed by atoms with Gasteiger partial charge in [-0.2, -0.15) is 0 Å². The monoisotopic (exact) mass is 462 g/mol. The van der Waals surface area contributed by atoms with Crippen LogP contribution in [0.2, 0.25) is 0 Å². The van der Waals surface area contributed by atoms with E-state index in [2.05, 4.69) is 40.8 Å². The number of fused-ring (bicyclic) bond motifs is 3. The highest BCUT2D eigenvalue weighted by Gasteiger charge is 2.29. The molecule has 0 radical (unpaired) electrons. The van der Waals surface area contributed by atoms with Gasteiger partial charge in [-0.15, -0.1) is 12.3 Å². The van der Waals surface area contributed by atoms with Crippen molar-refractivity contribution in [1.82, 2.24) is 10.6 Å². The lowest BCUT2D eigenvalue weighted by molar-refractivity contribution is -0.141. The lowest BCUT2D eigenvalue weighted by atomic mass is 9.98. The highest BCUT2D eigenvalue weighted by molar-refractivity contribution is 5.83. The molecule has 2 atom stereocenters. The predicted molar refractivity (Wildman–Crippen MR) is 129 cm³/mol. The number of nitrogens with one attached hydrogen (secondary N) is 2. The molecule has 7 heteroatoms. The third kappa shape index (κ3) is 6.38. The van der Waals surface area contributed by atoms with Crippen LogP contribution in [-0.2, 0) is 14.3 Å². The third-order valence-corrected chi connectivity index (χ3v) is 6.07. The molecule has 0 fully saturated rings. The van der Waals surface area contributed by atoms with Gasteiger partial charge in [0.25, 0.3) is 0 Å². The Balaban J connectivity index is 1.38. The number of terminal acetylenes is 1. The summed E-state index contributed by atoms with van der Waals surface area (Å²) in [6.45, 7) is 2.66. The molecule has 7 nitrogen and oxygen atoms in total. The number of alkyl carbamates (subject to hydrolysis) is 1. The maximum atomic E-state index is 12.2. The van der Waals surface area contributed by atoms with E-state index in [1.807, 2.05) is 31.2 Å². The van der Waals surface area contributed by atoms with Crippen LogP contribution < -0.4 is 10.6 Å². The number of carbonyl (C=O) groups excluding carboxylic acids is 2. The summed E-state index contributed by atoms with van der Waals surface area (Å²) in [5.74, 6) is 0.930. The number of aliphatic carboxylic acids is 1. The van der Waals surface area contributed by atoms with Crippen molar-refractivity contribution in [2.75, 3.05) is 13.2 Å². The fourth-order valence-corrected chi connectivity index (χ4v) is 4.18. The first-order valence-electron chi connectivity index (χ1n) is 11.4. The van der Waals surface area contributed by atoms with E-state index < -0.39 is 18.1 Å². The largest absolute Gasteiger partial charge is 0.480 e. The predicted octanol–water partition coefficient (Wildman–Crippen LogP) is 3.92. The molecule has 2 amide bonds. The summed E-state index contributed by atoms with van der Waals surface area (Å²) in [6.07, 6.45) is 6.05. The first kappa shape index (κ1) is 24.8. The van der Waals surface area contributed by atoms with Crippen LogP contribution in [0.15, 0.2) is 48.5 Å². The van der Waals surface area contributed by atoms with Gasteiger partial charge in [0, 0.05) is 25.3 Å². The van der Waals surface area contributed by atoms with Crippen molar-refractivity contribution in [1.29, 1.82) is 0 Å². The van der Waals surface area contributed by atoms with Crippen LogP contribution >= 0.6 is 0 Å². The highest BCUT2D eigenvalue weighted by Crippen LogP contribution is 2.44. The van der Waals surface area contributed by atoms with E-state index >= 15 is 0 Å². The van der Waals surface area contributed by atoms with E-state index in [0.717, 1.165) is 11.1 Å². The minimum atomic E-state index is -1.15. The Morgan fingerprint density at radius 3 is 2.26 bits per heavy atom. The summed E-state index contributed by atoms with van der Waals surface area (Å²) >= 11 is 0. The van der Waals surface area contributed by atoms with Crippen molar-refractivity contribution in [3.8, 4) is 23.5 Å². The number of carboxylic acid groups (broad SMARTS) is 1. The first-order valence-corrected chi connectivity index (χ1v) is 11.4. The molecule has 1 aliphatic carbocycles. The van der Waals surface area contributed by atoms with Crippen molar-refractivity contribution in [3.63, 3.8) is 0 Å². The van der Waals surface area contributed by atoms with Gasteiger partial charge in [0.2, 0.25) is 5.91 Å². The number of carboxylic acids is 1. The van der Waals surface area contributed by atoms with Crippen LogP contribution in [0.3, 0.4) is 0 Å². The zero-order valence-corrected chi connectivity index (χ0v) is 19.3. The zero-order valence-electron chi connectivity index (χ0n) is 19.3. The van der Waals surface area contributed by atoms with Crippen molar-refractivity contribution < 1.29 is 24.2 Å². The van der Waals surface area contributed by atoms with Crippen LogP contribution in [0.25, 0.3) is 11.1 Å². The second-order valence-electron chi connectivity index (χ2n) is 8.55. The molecule has 178 valence electrons. The number of benzene rings is 2. The van der Waals surface area contributed by atoms with Crippen LogP contribution in [0, 0.1) is 18.3 Å². The number of hydrogen-bond acceptors (Lipinski definition) is 4. The van der Waals surface area contributed by atoms with E-state index in [1.165, 1.54) is 11.1 Å². The molecule has 0 aromatic heterocycles. The smallest absolute Gasteiger partial charge is 0.407 e. The molecule has 0 saturated carbocycles. The van der Waals surface area contributed by atoms with Crippen LogP contribution in [0.4, 0.5) is 4.79 Å². The maximum Gasteiger partial charge on any atom is 0.407 e. The lowest BCUT2D eigenvalue weighted by Gasteiger charge is -2.16. The summed E-state index contributed by atoms with van der Waals surface area (Å²) in [6, 6.07) is 15.3. The Morgan fingerprint density at radius 1 is 1.06 bits per heavy atom. The Bertz CT molecular complexity index is 1030. The van der Waals surface area contributed by atoms with Crippen molar-refractivity contribution in [2.45, 2.75) is 44.6 Å². The van der Waals surface area contributed by atoms with Gasteiger partial charge in [0.1, 0.15) is 12.6 Å². The fourth-order valence-electron chi connectivity index (χ4n) is 4.18. The van der Waals surface area contributed by atoms with Crippen molar-refractivity contribution >= 4 is 18.0 Å². The third-order valence-electron chi connectivity index (χ3n) is 6.07. The minimum Gasteiger partial charge on any atom is -0.480 e. The molecule has 3 N–H and O–H groups in total. The van der Waals surface area contributed by atoms with Gasteiger partial charge in [-0.05, 0) is 41.0 Å². The van der Waals surface area contributed by atoms with Crippen molar-refractivity contribution in [2.24, 2.45) is 5.92 Å². The summed E-state index contributed by atoms with van der Waals surface area (Å²) in [5.41, 5.74) is 4.68. The van der Waals surface area contributed by atoms with Crippen LogP contribution in [0.5, 0.6) is 0 Å². The van der Waals surface area contributed by atoms with Gasteiger partial charge >= 0.3 is 12.1 Å². The van der Waals surface area contributed by atoms with Gasteiger partial charge in [0.05, 0.1) is 0 Å². The fraction of sp³-hybridized carbons (Fsp3) is 0.370. The number of rotatable bonds is 11. The van der Waals surface area contributed by atoms with Gasteiger partial charge in [-0.3, -0.25) is 4.79 Å². The molecule has 34 heavy (non-hydrogen) atoms. The molecule has 2 unspecified atom stereocenters. The molecule has 0 spiro atoms. The minimum absolute atomic E-state index is 0.0136. The normalized spacial score (nSPS) is 13.6. The second-order valence-corrected chi connectivity index (χ2v) is 8.55. The van der Waals surface area contributed by atoms with E-state index in [4.69, 9.17) is 16.3 Å². The topological polar surface area (TPSA) is 105 Å². The van der Waals surface area contributed by atoms with Gasteiger partial charge in [-0.25, -0.2) is 9.59 Å². The molecular formula is C27H30N2O5.